The fourth-order valence-corrected chi connectivity index (χ4v) is 4.24. The highest BCUT2D eigenvalue weighted by Gasteiger charge is 2.40. The highest BCUT2D eigenvalue weighted by Crippen LogP contribution is 2.47. The van der Waals surface area contributed by atoms with Crippen molar-refractivity contribution < 1.29 is 9.47 Å². The second kappa shape index (κ2) is 5.58. The summed E-state index contributed by atoms with van der Waals surface area (Å²) in [4.78, 5) is 0. The van der Waals surface area contributed by atoms with Crippen molar-refractivity contribution in [3.8, 4) is 0 Å². The Morgan fingerprint density at radius 2 is 1.95 bits per heavy atom. The Hall–Kier alpha value is -1.12. The second-order valence-electron chi connectivity index (χ2n) is 6.75. The van der Waals surface area contributed by atoms with Crippen LogP contribution in [0.1, 0.15) is 36.8 Å². The van der Waals surface area contributed by atoms with Crippen LogP contribution in [0.5, 0.6) is 0 Å². The third kappa shape index (κ3) is 2.67. The topological polar surface area (TPSA) is 18.5 Å². The van der Waals surface area contributed by atoms with Crippen molar-refractivity contribution in [3.05, 3.63) is 47.9 Å². The SMILES string of the molecule is [CH]1COC(C2CCCC3(C=Cc4ccccc4C3)C2)OC1. The molecule has 2 fully saturated rings. The van der Waals surface area contributed by atoms with Crippen molar-refractivity contribution in [2.75, 3.05) is 13.2 Å². The molecule has 0 N–H and O–H groups in total. The van der Waals surface area contributed by atoms with Gasteiger partial charge in [-0.1, -0.05) is 42.8 Å². The molecular weight excluding hydrogens is 260 g/mol. The molecule has 1 saturated heterocycles. The van der Waals surface area contributed by atoms with Gasteiger partial charge in [0.2, 0.25) is 0 Å². The normalized spacial score (nSPS) is 33.0. The molecule has 1 radical (unpaired) electrons. The van der Waals surface area contributed by atoms with Gasteiger partial charge in [0.15, 0.2) is 6.29 Å². The van der Waals surface area contributed by atoms with E-state index >= 15 is 0 Å². The highest BCUT2D eigenvalue weighted by atomic mass is 16.7. The highest BCUT2D eigenvalue weighted by molar-refractivity contribution is 5.58. The maximum Gasteiger partial charge on any atom is 0.160 e. The lowest BCUT2D eigenvalue weighted by Gasteiger charge is -2.43. The Labute approximate surface area is 127 Å². The Kier molecular flexibility index (Phi) is 3.60. The van der Waals surface area contributed by atoms with E-state index in [1.165, 1.54) is 43.2 Å². The molecule has 4 rings (SSSR count). The molecule has 2 atom stereocenters. The van der Waals surface area contributed by atoms with Crippen LogP contribution in [0.3, 0.4) is 0 Å². The first-order chi connectivity index (χ1) is 10.3. The molecule has 1 aromatic carbocycles. The summed E-state index contributed by atoms with van der Waals surface area (Å²) in [5.41, 5.74) is 3.22. The molecule has 111 valence electrons. The van der Waals surface area contributed by atoms with Crippen molar-refractivity contribution in [1.82, 2.24) is 0 Å². The van der Waals surface area contributed by atoms with Gasteiger partial charge in [-0.3, -0.25) is 0 Å². The predicted molar refractivity (Wildman–Crippen MR) is 83.6 cm³/mol. The molecule has 1 aliphatic heterocycles. The van der Waals surface area contributed by atoms with Gasteiger partial charge >= 0.3 is 0 Å². The molecule has 1 aromatic rings. The van der Waals surface area contributed by atoms with Crippen molar-refractivity contribution in [3.63, 3.8) is 0 Å². The molecule has 3 aliphatic rings. The molecule has 1 spiro atoms. The Bertz CT molecular complexity index is 530. The van der Waals surface area contributed by atoms with E-state index in [1.54, 1.807) is 0 Å². The van der Waals surface area contributed by atoms with Gasteiger partial charge in [0.05, 0.1) is 13.2 Å². The minimum absolute atomic E-state index is 0.0118. The quantitative estimate of drug-likeness (QED) is 0.775. The maximum atomic E-state index is 5.82. The van der Waals surface area contributed by atoms with Crippen LogP contribution in [0, 0.1) is 17.8 Å². The van der Waals surface area contributed by atoms with Crippen LogP contribution in [-0.2, 0) is 15.9 Å². The molecular formula is C19H23O2. The van der Waals surface area contributed by atoms with Crippen LogP contribution < -0.4 is 0 Å². The van der Waals surface area contributed by atoms with Gasteiger partial charge in [-0.25, -0.2) is 0 Å². The summed E-state index contributed by atoms with van der Waals surface area (Å²) in [6, 6.07) is 8.80. The molecule has 2 aliphatic carbocycles. The van der Waals surface area contributed by atoms with E-state index in [-0.39, 0.29) is 6.29 Å². The Morgan fingerprint density at radius 3 is 2.86 bits per heavy atom. The van der Waals surface area contributed by atoms with Crippen LogP contribution in [0.4, 0.5) is 0 Å². The summed E-state index contributed by atoms with van der Waals surface area (Å²) >= 11 is 0. The summed E-state index contributed by atoms with van der Waals surface area (Å²) in [5.74, 6) is 0.544. The second-order valence-corrected chi connectivity index (χ2v) is 6.75. The molecule has 0 amide bonds. The smallest absolute Gasteiger partial charge is 0.160 e. The number of hydrogen-bond donors (Lipinski definition) is 0. The van der Waals surface area contributed by atoms with Crippen LogP contribution in [-0.4, -0.2) is 19.5 Å². The lowest BCUT2D eigenvalue weighted by molar-refractivity contribution is -0.197. The summed E-state index contributed by atoms with van der Waals surface area (Å²) in [7, 11) is 0. The van der Waals surface area contributed by atoms with Crippen LogP contribution in [0.2, 0.25) is 0 Å². The minimum Gasteiger partial charge on any atom is -0.352 e. The minimum atomic E-state index is 0.0118. The number of fused-ring (bicyclic) bond motifs is 1. The monoisotopic (exact) mass is 283 g/mol. The van der Waals surface area contributed by atoms with E-state index in [0.717, 1.165) is 13.2 Å². The van der Waals surface area contributed by atoms with Gasteiger partial charge in [-0.05, 0) is 42.2 Å². The fourth-order valence-electron chi connectivity index (χ4n) is 4.24. The third-order valence-corrected chi connectivity index (χ3v) is 5.27. The van der Waals surface area contributed by atoms with Crippen LogP contribution in [0.25, 0.3) is 6.08 Å². The first-order valence-corrected chi connectivity index (χ1v) is 8.17. The van der Waals surface area contributed by atoms with Gasteiger partial charge in [0.25, 0.3) is 0 Å². The van der Waals surface area contributed by atoms with Crippen molar-refractivity contribution in [1.29, 1.82) is 0 Å². The molecule has 0 aromatic heterocycles. The first kappa shape index (κ1) is 13.5. The summed E-state index contributed by atoms with van der Waals surface area (Å²) in [6.07, 6.45) is 13.1. The summed E-state index contributed by atoms with van der Waals surface area (Å²) in [6.45, 7) is 1.49. The first-order valence-electron chi connectivity index (χ1n) is 8.17. The zero-order chi connectivity index (χ0) is 14.1. The van der Waals surface area contributed by atoms with Gasteiger partial charge in [0, 0.05) is 12.3 Å². The molecule has 1 saturated carbocycles. The lowest BCUT2D eigenvalue weighted by Crippen LogP contribution is -2.39. The fraction of sp³-hybridized carbons (Fsp3) is 0.526. The predicted octanol–water partition coefficient (Wildman–Crippen LogP) is 4.01. The number of allylic oxidation sites excluding steroid dienone is 1. The third-order valence-electron chi connectivity index (χ3n) is 5.27. The maximum absolute atomic E-state index is 5.82. The van der Waals surface area contributed by atoms with Gasteiger partial charge in [0.1, 0.15) is 0 Å². The van der Waals surface area contributed by atoms with Gasteiger partial charge in [-0.2, -0.15) is 0 Å². The van der Waals surface area contributed by atoms with Crippen LogP contribution in [0.15, 0.2) is 30.3 Å². The van der Waals surface area contributed by atoms with Crippen LogP contribution >= 0.6 is 0 Å². The van der Waals surface area contributed by atoms with E-state index in [0.29, 0.717) is 11.3 Å². The molecule has 0 bridgehead atoms. The average molecular weight is 283 g/mol. The molecule has 2 unspecified atom stereocenters. The number of hydrogen-bond acceptors (Lipinski definition) is 2. The Balaban J connectivity index is 1.53. The summed E-state index contributed by atoms with van der Waals surface area (Å²) < 4.78 is 11.6. The number of ether oxygens (including phenoxy) is 2. The van der Waals surface area contributed by atoms with Gasteiger partial charge < -0.3 is 9.47 Å². The van der Waals surface area contributed by atoms with E-state index in [9.17, 15) is 0 Å². The molecule has 1 heterocycles. The van der Waals surface area contributed by atoms with E-state index in [2.05, 4.69) is 42.8 Å². The Morgan fingerprint density at radius 1 is 1.10 bits per heavy atom. The lowest BCUT2D eigenvalue weighted by atomic mass is 9.64. The standard InChI is InChI=1S/C19H23O2/c1-2-6-16-13-19(10-8-15(16)5-1)9-3-7-17(14-19)18-20-11-4-12-21-18/h1-2,4-6,8,10,17-18H,3,7,9,11-14H2. The van der Waals surface area contributed by atoms with Gasteiger partial charge in [-0.15, -0.1) is 0 Å². The zero-order valence-corrected chi connectivity index (χ0v) is 12.5. The van der Waals surface area contributed by atoms with E-state index < -0.39 is 0 Å². The number of rotatable bonds is 1. The van der Waals surface area contributed by atoms with Crippen molar-refractivity contribution >= 4 is 6.08 Å². The molecule has 2 heteroatoms. The van der Waals surface area contributed by atoms with Crippen molar-refractivity contribution in [2.45, 2.75) is 38.4 Å². The molecule has 2 nitrogen and oxygen atoms in total. The van der Waals surface area contributed by atoms with Crippen molar-refractivity contribution in [2.24, 2.45) is 11.3 Å². The van der Waals surface area contributed by atoms with E-state index in [1.807, 2.05) is 0 Å². The average Bonchev–Trinajstić information content (AvgIpc) is 2.56. The van der Waals surface area contributed by atoms with E-state index in [4.69, 9.17) is 9.47 Å². The number of benzene rings is 1. The molecule has 21 heavy (non-hydrogen) atoms. The largest absolute Gasteiger partial charge is 0.352 e. The zero-order valence-electron chi connectivity index (χ0n) is 12.5. The summed E-state index contributed by atoms with van der Waals surface area (Å²) in [5, 5.41) is 0.